The molecule has 1 rings (SSSR count). The lowest BCUT2D eigenvalue weighted by atomic mass is 9.90. The van der Waals surface area contributed by atoms with Gasteiger partial charge in [0.15, 0.2) is 5.78 Å². The highest BCUT2D eigenvalue weighted by Crippen LogP contribution is 2.21. The lowest BCUT2D eigenvalue weighted by Crippen LogP contribution is -2.17. The van der Waals surface area contributed by atoms with Crippen molar-refractivity contribution in [3.63, 3.8) is 0 Å². The lowest BCUT2D eigenvalue weighted by Gasteiger charge is -2.13. The number of hydrogen-bond acceptors (Lipinski definition) is 2. The van der Waals surface area contributed by atoms with Gasteiger partial charge in [0, 0.05) is 16.9 Å². The molecule has 13 heavy (non-hydrogen) atoms. The molecule has 0 N–H and O–H groups in total. The predicted molar refractivity (Wildman–Crippen MR) is 57.4 cm³/mol. The summed E-state index contributed by atoms with van der Waals surface area (Å²) < 4.78 is 0. The van der Waals surface area contributed by atoms with Crippen LogP contribution in [0, 0.1) is 18.8 Å². The Kier molecular flexibility index (Phi) is 3.26. The maximum atomic E-state index is 11.9. The van der Waals surface area contributed by atoms with E-state index in [1.54, 1.807) is 11.3 Å². The van der Waals surface area contributed by atoms with Gasteiger partial charge >= 0.3 is 0 Å². The monoisotopic (exact) mass is 196 g/mol. The topological polar surface area (TPSA) is 17.1 Å². The highest BCUT2D eigenvalue weighted by molar-refractivity contribution is 7.08. The normalized spacial score (nSPS) is 13.3. The van der Waals surface area contributed by atoms with Crippen LogP contribution in [0.4, 0.5) is 0 Å². The van der Waals surface area contributed by atoms with Crippen molar-refractivity contribution in [2.24, 2.45) is 11.8 Å². The van der Waals surface area contributed by atoms with E-state index in [4.69, 9.17) is 0 Å². The van der Waals surface area contributed by atoms with Gasteiger partial charge in [-0.3, -0.25) is 4.79 Å². The van der Waals surface area contributed by atoms with Crippen LogP contribution >= 0.6 is 11.3 Å². The first kappa shape index (κ1) is 10.5. The van der Waals surface area contributed by atoms with Crippen molar-refractivity contribution in [3.8, 4) is 0 Å². The molecule has 2 heteroatoms. The zero-order valence-electron chi connectivity index (χ0n) is 8.63. The predicted octanol–water partition coefficient (Wildman–Crippen LogP) is 3.53. The summed E-state index contributed by atoms with van der Waals surface area (Å²) in [5.74, 6) is 0.842. The van der Waals surface area contributed by atoms with E-state index in [2.05, 4.69) is 13.8 Å². The minimum absolute atomic E-state index is 0.133. The lowest BCUT2D eigenvalue weighted by molar-refractivity contribution is 0.0899. The number of carbonyl (C=O) groups is 1. The highest BCUT2D eigenvalue weighted by atomic mass is 32.1. The first-order valence-electron chi connectivity index (χ1n) is 4.61. The summed E-state index contributed by atoms with van der Waals surface area (Å²) in [4.78, 5) is 11.9. The maximum Gasteiger partial charge on any atom is 0.167 e. The Morgan fingerprint density at radius 2 is 1.92 bits per heavy atom. The Labute approximate surface area is 83.8 Å². The van der Waals surface area contributed by atoms with Crippen molar-refractivity contribution in [1.29, 1.82) is 0 Å². The van der Waals surface area contributed by atoms with Crippen molar-refractivity contribution >= 4 is 17.1 Å². The Balaban J connectivity index is 2.86. The molecular weight excluding hydrogens is 180 g/mol. The quantitative estimate of drug-likeness (QED) is 0.676. The van der Waals surface area contributed by atoms with Gasteiger partial charge in [-0.25, -0.2) is 0 Å². The molecule has 0 bridgehead atoms. The van der Waals surface area contributed by atoms with Crippen LogP contribution in [0.2, 0.25) is 0 Å². The van der Waals surface area contributed by atoms with E-state index >= 15 is 0 Å². The van der Waals surface area contributed by atoms with Crippen LogP contribution in [0.15, 0.2) is 10.8 Å². The smallest absolute Gasteiger partial charge is 0.167 e. The molecule has 0 radical (unpaired) electrons. The summed E-state index contributed by atoms with van der Waals surface area (Å²) in [6.45, 7) is 8.18. The number of Topliss-reactive ketones (excluding diaryl/α,β-unsaturated/α-hetero) is 1. The molecule has 0 saturated heterocycles. The average molecular weight is 196 g/mol. The van der Waals surface area contributed by atoms with Gasteiger partial charge in [0.25, 0.3) is 0 Å². The van der Waals surface area contributed by atoms with Gasteiger partial charge in [0.2, 0.25) is 0 Å². The molecule has 1 heterocycles. The molecule has 0 fully saturated rings. The van der Waals surface area contributed by atoms with E-state index < -0.39 is 0 Å². The number of carbonyl (C=O) groups excluding carboxylic acids is 1. The molecule has 1 atom stereocenters. The average Bonchev–Trinajstić information content (AvgIpc) is 2.48. The third kappa shape index (κ3) is 2.19. The number of ketones is 1. The number of rotatable bonds is 3. The first-order valence-corrected chi connectivity index (χ1v) is 5.55. The second-order valence-electron chi connectivity index (χ2n) is 3.87. The fourth-order valence-electron chi connectivity index (χ4n) is 1.16. The summed E-state index contributed by atoms with van der Waals surface area (Å²) >= 11 is 1.60. The van der Waals surface area contributed by atoms with Crippen molar-refractivity contribution in [2.45, 2.75) is 27.7 Å². The molecule has 1 aromatic heterocycles. The van der Waals surface area contributed by atoms with Crippen LogP contribution in [-0.2, 0) is 0 Å². The SMILES string of the molecule is Cc1cscc1C(=O)C(C)C(C)C. The van der Waals surface area contributed by atoms with Crippen LogP contribution in [0.3, 0.4) is 0 Å². The second-order valence-corrected chi connectivity index (χ2v) is 4.61. The number of aryl methyl sites for hydroxylation is 1. The zero-order chi connectivity index (χ0) is 10.0. The van der Waals surface area contributed by atoms with E-state index in [-0.39, 0.29) is 11.7 Å². The fraction of sp³-hybridized carbons (Fsp3) is 0.545. The van der Waals surface area contributed by atoms with Crippen molar-refractivity contribution in [2.75, 3.05) is 0 Å². The van der Waals surface area contributed by atoms with Gasteiger partial charge in [0.05, 0.1) is 0 Å². The molecule has 72 valence electrons. The van der Waals surface area contributed by atoms with Crippen molar-refractivity contribution in [1.82, 2.24) is 0 Å². The molecule has 0 amide bonds. The van der Waals surface area contributed by atoms with Crippen LogP contribution in [-0.4, -0.2) is 5.78 Å². The second kappa shape index (κ2) is 4.05. The van der Waals surface area contributed by atoms with Gasteiger partial charge in [0.1, 0.15) is 0 Å². The minimum atomic E-state index is 0.133. The van der Waals surface area contributed by atoms with E-state index in [0.717, 1.165) is 11.1 Å². The number of hydrogen-bond donors (Lipinski definition) is 0. The standard InChI is InChI=1S/C11H16OS/c1-7(2)9(4)11(12)10-6-13-5-8(10)3/h5-7,9H,1-4H3. The largest absolute Gasteiger partial charge is 0.294 e. The van der Waals surface area contributed by atoms with Crippen LogP contribution in [0.25, 0.3) is 0 Å². The number of thiophene rings is 1. The van der Waals surface area contributed by atoms with E-state index in [0.29, 0.717) is 5.92 Å². The molecule has 0 aliphatic rings. The molecule has 0 aliphatic carbocycles. The maximum absolute atomic E-state index is 11.9. The van der Waals surface area contributed by atoms with Crippen LogP contribution in [0.5, 0.6) is 0 Å². The van der Waals surface area contributed by atoms with Gasteiger partial charge in [-0.05, 0) is 23.8 Å². The minimum Gasteiger partial charge on any atom is -0.294 e. The Morgan fingerprint density at radius 3 is 2.31 bits per heavy atom. The zero-order valence-corrected chi connectivity index (χ0v) is 9.44. The van der Waals surface area contributed by atoms with Crippen LogP contribution < -0.4 is 0 Å². The highest BCUT2D eigenvalue weighted by Gasteiger charge is 2.20. The van der Waals surface area contributed by atoms with Crippen LogP contribution in [0.1, 0.15) is 36.7 Å². The third-order valence-electron chi connectivity index (χ3n) is 2.53. The molecule has 1 aromatic rings. The van der Waals surface area contributed by atoms with Gasteiger partial charge in [-0.1, -0.05) is 20.8 Å². The first-order chi connectivity index (χ1) is 6.04. The molecule has 0 spiro atoms. The summed E-state index contributed by atoms with van der Waals surface area (Å²) in [6, 6.07) is 0. The summed E-state index contributed by atoms with van der Waals surface area (Å²) in [6.07, 6.45) is 0. The molecule has 1 nitrogen and oxygen atoms in total. The van der Waals surface area contributed by atoms with Gasteiger partial charge in [-0.2, -0.15) is 11.3 Å². The van der Waals surface area contributed by atoms with Gasteiger partial charge in [-0.15, -0.1) is 0 Å². The Morgan fingerprint density at radius 1 is 1.31 bits per heavy atom. The van der Waals surface area contributed by atoms with E-state index in [9.17, 15) is 4.79 Å². The van der Waals surface area contributed by atoms with Crippen molar-refractivity contribution < 1.29 is 4.79 Å². The third-order valence-corrected chi connectivity index (χ3v) is 3.40. The summed E-state index contributed by atoms with van der Waals surface area (Å²) in [5, 5.41) is 3.98. The molecule has 0 saturated carbocycles. The molecule has 0 aliphatic heterocycles. The van der Waals surface area contributed by atoms with E-state index in [1.165, 1.54) is 0 Å². The fourth-order valence-corrected chi connectivity index (χ4v) is 2.00. The summed E-state index contributed by atoms with van der Waals surface area (Å²) in [5.41, 5.74) is 2.02. The molecule has 0 aromatic carbocycles. The summed E-state index contributed by atoms with van der Waals surface area (Å²) in [7, 11) is 0. The Hall–Kier alpha value is -0.630. The van der Waals surface area contributed by atoms with Gasteiger partial charge < -0.3 is 0 Å². The van der Waals surface area contributed by atoms with E-state index in [1.807, 2.05) is 24.6 Å². The molecule has 1 unspecified atom stereocenters. The Bertz CT molecular complexity index is 299. The molecular formula is C11H16OS. The van der Waals surface area contributed by atoms with Crippen molar-refractivity contribution in [3.05, 3.63) is 21.9 Å².